The van der Waals surface area contributed by atoms with E-state index in [9.17, 15) is 4.79 Å². The number of carbonyl (C=O) groups is 1. The van der Waals surface area contributed by atoms with E-state index in [2.05, 4.69) is 5.32 Å². The van der Waals surface area contributed by atoms with Crippen LogP contribution in [0.25, 0.3) is 0 Å². The maximum atomic E-state index is 11.1. The highest BCUT2D eigenvalue weighted by Crippen LogP contribution is 2.14. The van der Waals surface area contributed by atoms with E-state index in [1.54, 1.807) is 18.2 Å². The maximum absolute atomic E-state index is 11.1. The molecule has 0 saturated heterocycles. The highest BCUT2D eigenvalue weighted by atomic mass is 35.5. The molecule has 1 aromatic rings. The van der Waals surface area contributed by atoms with Gasteiger partial charge in [-0.15, -0.1) is 0 Å². The summed E-state index contributed by atoms with van der Waals surface area (Å²) in [6, 6.07) is 7.10. The van der Waals surface area contributed by atoms with Crippen molar-refractivity contribution < 1.29 is 4.79 Å². The van der Waals surface area contributed by atoms with Crippen molar-refractivity contribution in [1.29, 1.82) is 0 Å². The normalized spacial score (nSPS) is 9.69. The third-order valence-electron chi connectivity index (χ3n) is 1.38. The lowest BCUT2D eigenvalue weighted by atomic mass is 10.3. The van der Waals surface area contributed by atoms with Crippen molar-refractivity contribution in [2.24, 2.45) is 0 Å². The molecule has 70 valence electrons. The molecule has 2 nitrogen and oxygen atoms in total. The minimum Gasteiger partial charge on any atom is -0.325 e. The van der Waals surface area contributed by atoms with Crippen LogP contribution in [0.2, 0.25) is 5.02 Å². The van der Waals surface area contributed by atoms with E-state index in [4.69, 9.17) is 11.6 Å². The fourth-order valence-corrected chi connectivity index (χ4v) is 1.42. The van der Waals surface area contributed by atoms with Gasteiger partial charge in [0.05, 0.1) is 5.75 Å². The second kappa shape index (κ2) is 5.14. The standard InChI is InChI=1S/C9H10ClNOS/c1-13-6-9(12)11-8-4-2-3-7(10)5-8/h2-5H,6H2,1H3,(H,11,12). The summed E-state index contributed by atoms with van der Waals surface area (Å²) in [7, 11) is 0. The number of amides is 1. The Hall–Kier alpha value is -0.670. The molecular weight excluding hydrogens is 206 g/mol. The molecule has 13 heavy (non-hydrogen) atoms. The van der Waals surface area contributed by atoms with E-state index in [0.717, 1.165) is 5.69 Å². The average Bonchev–Trinajstić information content (AvgIpc) is 2.04. The van der Waals surface area contributed by atoms with Crippen molar-refractivity contribution in [3.8, 4) is 0 Å². The topological polar surface area (TPSA) is 29.1 Å². The van der Waals surface area contributed by atoms with Crippen molar-refractivity contribution in [3.05, 3.63) is 29.3 Å². The molecule has 0 radical (unpaired) electrons. The smallest absolute Gasteiger partial charge is 0.234 e. The fourth-order valence-electron chi connectivity index (χ4n) is 0.894. The van der Waals surface area contributed by atoms with E-state index in [1.807, 2.05) is 12.3 Å². The van der Waals surface area contributed by atoms with E-state index >= 15 is 0 Å². The van der Waals surface area contributed by atoms with E-state index in [0.29, 0.717) is 10.8 Å². The summed E-state index contributed by atoms with van der Waals surface area (Å²) >= 11 is 7.24. The van der Waals surface area contributed by atoms with Gasteiger partial charge in [-0.3, -0.25) is 4.79 Å². The molecule has 0 unspecified atom stereocenters. The number of halogens is 1. The van der Waals surface area contributed by atoms with Crippen LogP contribution in [0.4, 0.5) is 5.69 Å². The summed E-state index contributed by atoms with van der Waals surface area (Å²) in [5, 5.41) is 3.37. The lowest BCUT2D eigenvalue weighted by Crippen LogP contribution is -2.13. The summed E-state index contributed by atoms with van der Waals surface area (Å²) < 4.78 is 0. The van der Waals surface area contributed by atoms with Gasteiger partial charge in [0.2, 0.25) is 5.91 Å². The van der Waals surface area contributed by atoms with E-state index in [1.165, 1.54) is 11.8 Å². The first-order chi connectivity index (χ1) is 6.22. The van der Waals surface area contributed by atoms with Gasteiger partial charge < -0.3 is 5.32 Å². The zero-order valence-electron chi connectivity index (χ0n) is 7.21. The number of hydrogen-bond donors (Lipinski definition) is 1. The van der Waals surface area contributed by atoms with Gasteiger partial charge >= 0.3 is 0 Å². The fraction of sp³-hybridized carbons (Fsp3) is 0.222. The molecule has 0 fully saturated rings. The monoisotopic (exact) mass is 215 g/mol. The molecule has 0 bridgehead atoms. The van der Waals surface area contributed by atoms with Crippen molar-refractivity contribution in [2.75, 3.05) is 17.3 Å². The number of hydrogen-bond acceptors (Lipinski definition) is 2. The molecule has 0 spiro atoms. The molecular formula is C9H10ClNOS. The van der Waals surface area contributed by atoms with Crippen LogP contribution in [0.5, 0.6) is 0 Å². The van der Waals surface area contributed by atoms with Crippen LogP contribution >= 0.6 is 23.4 Å². The summed E-state index contributed by atoms with van der Waals surface area (Å²) in [6.07, 6.45) is 1.89. The molecule has 0 aliphatic rings. The molecule has 1 amide bonds. The van der Waals surface area contributed by atoms with Crippen LogP contribution < -0.4 is 5.32 Å². The van der Waals surface area contributed by atoms with Crippen LogP contribution in [-0.2, 0) is 4.79 Å². The first-order valence-corrected chi connectivity index (χ1v) is 5.54. The Morgan fingerprint density at radius 1 is 1.62 bits per heavy atom. The number of carbonyl (C=O) groups excluding carboxylic acids is 1. The maximum Gasteiger partial charge on any atom is 0.234 e. The summed E-state index contributed by atoms with van der Waals surface area (Å²) in [6.45, 7) is 0. The molecule has 1 rings (SSSR count). The number of anilines is 1. The third kappa shape index (κ3) is 3.70. The second-order valence-corrected chi connectivity index (χ2v) is 3.79. The van der Waals surface area contributed by atoms with Crippen LogP contribution in [0.3, 0.4) is 0 Å². The minimum atomic E-state index is -0.00485. The van der Waals surface area contributed by atoms with Gasteiger partial charge in [0, 0.05) is 10.7 Å². The van der Waals surface area contributed by atoms with Crippen LogP contribution in [0.15, 0.2) is 24.3 Å². The predicted molar refractivity (Wildman–Crippen MR) is 58.5 cm³/mol. The van der Waals surface area contributed by atoms with Gasteiger partial charge in [0.1, 0.15) is 0 Å². The third-order valence-corrected chi connectivity index (χ3v) is 2.17. The minimum absolute atomic E-state index is 0.00485. The van der Waals surface area contributed by atoms with Crippen molar-refractivity contribution in [1.82, 2.24) is 0 Å². The Morgan fingerprint density at radius 2 is 2.38 bits per heavy atom. The predicted octanol–water partition coefficient (Wildman–Crippen LogP) is 2.64. The van der Waals surface area contributed by atoms with Gasteiger partial charge in [-0.1, -0.05) is 17.7 Å². The molecule has 0 aromatic heterocycles. The molecule has 0 atom stereocenters. The molecule has 0 heterocycles. The molecule has 1 aromatic carbocycles. The van der Waals surface area contributed by atoms with Gasteiger partial charge in [0.15, 0.2) is 0 Å². The Kier molecular flexibility index (Phi) is 4.12. The first kappa shape index (κ1) is 10.4. The average molecular weight is 216 g/mol. The van der Waals surface area contributed by atoms with Gasteiger partial charge in [-0.25, -0.2) is 0 Å². The van der Waals surface area contributed by atoms with Crippen molar-refractivity contribution in [2.45, 2.75) is 0 Å². The number of nitrogens with one attached hydrogen (secondary N) is 1. The Morgan fingerprint density at radius 3 is 3.00 bits per heavy atom. The zero-order valence-corrected chi connectivity index (χ0v) is 8.78. The van der Waals surface area contributed by atoms with Gasteiger partial charge in [-0.2, -0.15) is 11.8 Å². The van der Waals surface area contributed by atoms with Gasteiger partial charge in [-0.05, 0) is 24.5 Å². The highest BCUT2D eigenvalue weighted by Gasteiger charge is 2.00. The molecule has 0 saturated carbocycles. The van der Waals surface area contributed by atoms with Crippen LogP contribution in [0, 0.1) is 0 Å². The molecule has 0 aliphatic heterocycles. The zero-order chi connectivity index (χ0) is 9.68. The lowest BCUT2D eigenvalue weighted by molar-refractivity contribution is -0.113. The Labute approximate surface area is 86.7 Å². The second-order valence-electron chi connectivity index (χ2n) is 2.49. The summed E-state index contributed by atoms with van der Waals surface area (Å²) in [4.78, 5) is 11.1. The van der Waals surface area contributed by atoms with E-state index in [-0.39, 0.29) is 5.91 Å². The lowest BCUT2D eigenvalue weighted by Gasteiger charge is -2.03. The first-order valence-electron chi connectivity index (χ1n) is 3.76. The molecule has 0 aliphatic carbocycles. The SMILES string of the molecule is CSCC(=O)Nc1cccc(Cl)c1. The van der Waals surface area contributed by atoms with Crippen LogP contribution in [-0.4, -0.2) is 17.9 Å². The summed E-state index contributed by atoms with van der Waals surface area (Å²) in [5.41, 5.74) is 0.742. The highest BCUT2D eigenvalue weighted by molar-refractivity contribution is 7.99. The summed E-state index contributed by atoms with van der Waals surface area (Å²) in [5.74, 6) is 0.460. The largest absolute Gasteiger partial charge is 0.325 e. The Balaban J connectivity index is 2.58. The number of thioether (sulfide) groups is 1. The number of benzene rings is 1. The van der Waals surface area contributed by atoms with Crippen molar-refractivity contribution >= 4 is 35.0 Å². The van der Waals surface area contributed by atoms with Crippen molar-refractivity contribution in [3.63, 3.8) is 0 Å². The van der Waals surface area contributed by atoms with Crippen LogP contribution in [0.1, 0.15) is 0 Å². The van der Waals surface area contributed by atoms with Gasteiger partial charge in [0.25, 0.3) is 0 Å². The number of rotatable bonds is 3. The van der Waals surface area contributed by atoms with E-state index < -0.39 is 0 Å². The molecule has 4 heteroatoms. The molecule has 1 N–H and O–H groups in total. The Bertz CT molecular complexity index is 303. The quantitative estimate of drug-likeness (QED) is 0.840.